The summed E-state index contributed by atoms with van der Waals surface area (Å²) in [7, 11) is 0. The van der Waals surface area contributed by atoms with Crippen molar-refractivity contribution >= 4 is 5.84 Å². The molecule has 3 atom stereocenters. The first-order valence-corrected chi connectivity index (χ1v) is 5.40. The number of hydrogen-bond acceptors (Lipinski definition) is 4. The van der Waals surface area contributed by atoms with E-state index in [4.69, 9.17) is 10.9 Å². The Morgan fingerprint density at radius 3 is 2.47 bits per heavy atom. The summed E-state index contributed by atoms with van der Waals surface area (Å²) in [4.78, 5) is 0. The molecule has 0 fully saturated rings. The molecule has 0 aliphatic carbocycles. The molecule has 0 aromatic heterocycles. The Labute approximate surface area is 91.4 Å². The Balaban J connectivity index is 3.98. The highest BCUT2D eigenvalue weighted by molar-refractivity contribution is 5.80. The second-order valence-corrected chi connectivity index (χ2v) is 4.05. The van der Waals surface area contributed by atoms with Crippen LogP contribution in [0.5, 0.6) is 0 Å². The summed E-state index contributed by atoms with van der Waals surface area (Å²) in [5.41, 5.74) is 5.44. The molecule has 0 saturated carbocycles. The van der Waals surface area contributed by atoms with E-state index in [-0.39, 0.29) is 24.0 Å². The minimum absolute atomic E-state index is 0.189. The van der Waals surface area contributed by atoms with E-state index in [0.717, 1.165) is 6.42 Å². The summed E-state index contributed by atoms with van der Waals surface area (Å²) in [6, 6.07) is 0.413. The van der Waals surface area contributed by atoms with E-state index in [1.807, 2.05) is 13.8 Å². The number of aliphatic hydroxyl groups excluding tert-OH is 1. The zero-order chi connectivity index (χ0) is 11.8. The van der Waals surface area contributed by atoms with Crippen molar-refractivity contribution < 1.29 is 10.3 Å². The maximum atomic E-state index is 9.21. The van der Waals surface area contributed by atoms with Crippen LogP contribution in [0.15, 0.2) is 5.16 Å². The lowest BCUT2D eigenvalue weighted by Crippen LogP contribution is -2.40. The third-order valence-electron chi connectivity index (χ3n) is 2.29. The van der Waals surface area contributed by atoms with Crippen molar-refractivity contribution in [2.45, 2.75) is 58.2 Å². The van der Waals surface area contributed by atoms with Gasteiger partial charge in [0.05, 0.1) is 6.10 Å². The van der Waals surface area contributed by atoms with Gasteiger partial charge in [0.15, 0.2) is 0 Å². The Morgan fingerprint density at radius 2 is 2.07 bits per heavy atom. The van der Waals surface area contributed by atoms with Crippen LogP contribution in [0.3, 0.4) is 0 Å². The van der Waals surface area contributed by atoms with Gasteiger partial charge in [-0.15, -0.1) is 0 Å². The summed E-state index contributed by atoms with van der Waals surface area (Å²) < 4.78 is 0. The fourth-order valence-electron chi connectivity index (χ4n) is 1.60. The minimum Gasteiger partial charge on any atom is -0.409 e. The Bertz CT molecular complexity index is 195. The fraction of sp³-hybridized carbons (Fsp3) is 0.900. The number of nitrogens with one attached hydrogen (secondary N) is 1. The first kappa shape index (κ1) is 14.2. The van der Waals surface area contributed by atoms with Crippen molar-refractivity contribution in [3.63, 3.8) is 0 Å². The molecule has 5 N–H and O–H groups in total. The zero-order valence-electron chi connectivity index (χ0n) is 9.77. The number of oxime groups is 1. The van der Waals surface area contributed by atoms with Crippen LogP contribution >= 0.6 is 0 Å². The highest BCUT2D eigenvalue weighted by atomic mass is 16.4. The molecular formula is C10H23N3O2. The molecular weight excluding hydrogens is 194 g/mol. The molecule has 5 nitrogen and oxygen atoms in total. The van der Waals surface area contributed by atoms with E-state index >= 15 is 0 Å². The summed E-state index contributed by atoms with van der Waals surface area (Å²) in [5, 5.41) is 23.9. The molecule has 5 heteroatoms. The second-order valence-electron chi connectivity index (χ2n) is 4.05. The summed E-state index contributed by atoms with van der Waals surface area (Å²) in [5.74, 6) is 0.235. The zero-order valence-corrected chi connectivity index (χ0v) is 9.77. The largest absolute Gasteiger partial charge is 0.409 e. The number of hydrogen-bond donors (Lipinski definition) is 4. The first-order chi connectivity index (χ1) is 6.99. The molecule has 15 heavy (non-hydrogen) atoms. The molecule has 0 bridgehead atoms. The molecule has 0 radical (unpaired) electrons. The van der Waals surface area contributed by atoms with Crippen LogP contribution in [0.4, 0.5) is 0 Å². The lowest BCUT2D eigenvalue weighted by atomic mass is 10.1. The Hall–Kier alpha value is -0.810. The third kappa shape index (κ3) is 7.16. The lowest BCUT2D eigenvalue weighted by Gasteiger charge is -2.22. The van der Waals surface area contributed by atoms with E-state index < -0.39 is 0 Å². The molecule has 0 aliphatic rings. The van der Waals surface area contributed by atoms with Gasteiger partial charge < -0.3 is 21.4 Å². The van der Waals surface area contributed by atoms with Gasteiger partial charge in [0.1, 0.15) is 5.84 Å². The topological polar surface area (TPSA) is 90.9 Å². The SMILES string of the molecule is CCC(CC(N)=NO)NC(C)CC(C)O. The van der Waals surface area contributed by atoms with Gasteiger partial charge in [-0.1, -0.05) is 12.1 Å². The van der Waals surface area contributed by atoms with Crippen molar-refractivity contribution in [3.05, 3.63) is 0 Å². The van der Waals surface area contributed by atoms with Crippen LogP contribution < -0.4 is 11.1 Å². The molecule has 0 aromatic rings. The van der Waals surface area contributed by atoms with E-state index in [9.17, 15) is 5.11 Å². The van der Waals surface area contributed by atoms with Crippen LogP contribution in [-0.4, -0.2) is 34.3 Å². The number of aliphatic hydroxyl groups is 1. The van der Waals surface area contributed by atoms with Crippen molar-refractivity contribution in [3.8, 4) is 0 Å². The van der Waals surface area contributed by atoms with Crippen molar-refractivity contribution in [2.75, 3.05) is 0 Å². The van der Waals surface area contributed by atoms with Crippen LogP contribution in [-0.2, 0) is 0 Å². The molecule has 0 amide bonds. The predicted molar refractivity (Wildman–Crippen MR) is 61.0 cm³/mol. The summed E-state index contributed by atoms with van der Waals surface area (Å²) in [6.45, 7) is 5.82. The number of nitrogens with two attached hydrogens (primary N) is 1. The predicted octanol–water partition coefficient (Wildman–Crippen LogP) is 0.651. The van der Waals surface area contributed by atoms with Crippen molar-refractivity contribution in [1.82, 2.24) is 5.32 Å². The monoisotopic (exact) mass is 217 g/mol. The third-order valence-corrected chi connectivity index (χ3v) is 2.29. The minimum atomic E-state index is -0.311. The van der Waals surface area contributed by atoms with Crippen LogP contribution in [0.1, 0.15) is 40.0 Å². The maximum absolute atomic E-state index is 9.21. The van der Waals surface area contributed by atoms with Gasteiger partial charge in [0.2, 0.25) is 0 Å². The molecule has 0 rings (SSSR count). The average molecular weight is 217 g/mol. The normalized spacial score (nSPS) is 18.5. The Morgan fingerprint density at radius 1 is 1.47 bits per heavy atom. The second kappa shape index (κ2) is 7.48. The summed E-state index contributed by atoms with van der Waals surface area (Å²) in [6.07, 6.45) is 1.82. The fourth-order valence-corrected chi connectivity index (χ4v) is 1.60. The molecule has 3 unspecified atom stereocenters. The summed E-state index contributed by atoms with van der Waals surface area (Å²) >= 11 is 0. The number of rotatable bonds is 7. The standard InChI is InChI=1S/C10H23N3O2/c1-4-9(6-10(11)13-15)12-7(2)5-8(3)14/h7-9,12,14-15H,4-6H2,1-3H3,(H2,11,13). The molecule has 0 heterocycles. The van der Waals surface area contributed by atoms with Crippen molar-refractivity contribution in [1.29, 1.82) is 0 Å². The van der Waals surface area contributed by atoms with E-state index in [1.54, 1.807) is 6.92 Å². The lowest BCUT2D eigenvalue weighted by molar-refractivity contribution is 0.167. The van der Waals surface area contributed by atoms with Gasteiger partial charge in [0, 0.05) is 18.5 Å². The number of nitrogens with zero attached hydrogens (tertiary/aromatic N) is 1. The number of amidine groups is 1. The van der Waals surface area contributed by atoms with Gasteiger partial charge >= 0.3 is 0 Å². The highest BCUT2D eigenvalue weighted by Crippen LogP contribution is 2.03. The van der Waals surface area contributed by atoms with Gasteiger partial charge in [0.25, 0.3) is 0 Å². The van der Waals surface area contributed by atoms with E-state index in [2.05, 4.69) is 10.5 Å². The van der Waals surface area contributed by atoms with Crippen LogP contribution in [0.2, 0.25) is 0 Å². The smallest absolute Gasteiger partial charge is 0.140 e. The Kier molecular flexibility index (Phi) is 7.07. The quantitative estimate of drug-likeness (QED) is 0.218. The first-order valence-electron chi connectivity index (χ1n) is 5.40. The van der Waals surface area contributed by atoms with Gasteiger partial charge in [-0.05, 0) is 26.7 Å². The average Bonchev–Trinajstić information content (AvgIpc) is 2.15. The van der Waals surface area contributed by atoms with Crippen LogP contribution in [0.25, 0.3) is 0 Å². The molecule has 0 aromatic carbocycles. The van der Waals surface area contributed by atoms with Crippen LogP contribution in [0, 0.1) is 0 Å². The van der Waals surface area contributed by atoms with Crippen molar-refractivity contribution in [2.24, 2.45) is 10.9 Å². The van der Waals surface area contributed by atoms with E-state index in [1.165, 1.54) is 0 Å². The molecule has 0 saturated heterocycles. The molecule has 0 aliphatic heterocycles. The maximum Gasteiger partial charge on any atom is 0.140 e. The van der Waals surface area contributed by atoms with E-state index in [0.29, 0.717) is 12.8 Å². The van der Waals surface area contributed by atoms with Gasteiger partial charge in [-0.3, -0.25) is 0 Å². The molecule has 90 valence electrons. The van der Waals surface area contributed by atoms with Gasteiger partial charge in [-0.25, -0.2) is 0 Å². The highest BCUT2D eigenvalue weighted by Gasteiger charge is 2.13. The molecule has 0 spiro atoms. The van der Waals surface area contributed by atoms with Gasteiger partial charge in [-0.2, -0.15) is 0 Å².